The number of rotatable bonds is 1. The van der Waals surface area contributed by atoms with Crippen molar-refractivity contribution in [3.63, 3.8) is 0 Å². The number of pyridine rings is 1. The minimum Gasteiger partial charge on any atom is -0.256 e. The van der Waals surface area contributed by atoms with E-state index in [-0.39, 0.29) is 0 Å². The van der Waals surface area contributed by atoms with Gasteiger partial charge in [-0.3, -0.25) is 4.98 Å². The Morgan fingerprint density at radius 2 is 2.07 bits per heavy atom. The van der Waals surface area contributed by atoms with Gasteiger partial charge in [0.1, 0.15) is 0 Å². The molecule has 0 fully saturated rings. The quantitative estimate of drug-likeness (QED) is 0.596. The zero-order valence-corrected chi connectivity index (χ0v) is 8.79. The number of fused-ring (bicyclic) bond motifs is 1. The molecule has 0 aliphatic rings. The molecule has 0 spiro atoms. The smallest absolute Gasteiger partial charge is 0.0708 e. The second kappa shape index (κ2) is 3.48. The number of benzene rings is 1. The predicted molar refractivity (Wildman–Crippen MR) is 63.9 cm³/mol. The van der Waals surface area contributed by atoms with E-state index in [2.05, 4.69) is 34.6 Å². The van der Waals surface area contributed by atoms with Crippen LogP contribution in [0.4, 0.5) is 0 Å². The summed E-state index contributed by atoms with van der Waals surface area (Å²) in [6.45, 7) is 0. The van der Waals surface area contributed by atoms with E-state index in [1.807, 2.05) is 24.4 Å². The first-order chi connectivity index (χ1) is 7.43. The van der Waals surface area contributed by atoms with Crippen molar-refractivity contribution in [3.8, 4) is 11.3 Å². The summed E-state index contributed by atoms with van der Waals surface area (Å²) in [6, 6.07) is 15.6. The van der Waals surface area contributed by atoms with Gasteiger partial charge in [-0.2, -0.15) is 0 Å². The van der Waals surface area contributed by atoms with Crippen LogP contribution in [0.2, 0.25) is 0 Å². The van der Waals surface area contributed by atoms with Gasteiger partial charge in [-0.1, -0.05) is 18.2 Å². The highest BCUT2D eigenvalue weighted by Gasteiger charge is 2.01. The lowest BCUT2D eigenvalue weighted by molar-refractivity contribution is 1.33. The van der Waals surface area contributed by atoms with Gasteiger partial charge in [-0.15, -0.1) is 11.3 Å². The average Bonchev–Trinajstić information content (AvgIpc) is 2.77. The van der Waals surface area contributed by atoms with Crippen LogP contribution in [0.1, 0.15) is 0 Å². The second-order valence-electron chi connectivity index (χ2n) is 3.29. The van der Waals surface area contributed by atoms with Gasteiger partial charge in [0.05, 0.1) is 5.69 Å². The van der Waals surface area contributed by atoms with Crippen molar-refractivity contribution in [3.05, 3.63) is 54.0 Å². The summed E-state index contributed by atoms with van der Waals surface area (Å²) in [4.78, 5) is 4.31. The zero-order chi connectivity index (χ0) is 10.1. The standard InChI is InChI=1S/C13H8NS/c1-2-7-14-12(3-1)11-5-4-10-6-8-15-13(10)9-11/h1-8H. The summed E-state index contributed by atoms with van der Waals surface area (Å²) in [5.41, 5.74) is 2.04. The Morgan fingerprint density at radius 1 is 1.07 bits per heavy atom. The van der Waals surface area contributed by atoms with Crippen molar-refractivity contribution in [2.24, 2.45) is 0 Å². The van der Waals surface area contributed by atoms with Gasteiger partial charge >= 0.3 is 0 Å². The van der Waals surface area contributed by atoms with Crippen molar-refractivity contribution >= 4 is 21.4 Å². The van der Waals surface area contributed by atoms with E-state index in [9.17, 15) is 0 Å². The number of nitrogens with zero attached hydrogens (tertiary/aromatic N) is 1. The molecule has 0 N–H and O–H groups in total. The molecule has 15 heavy (non-hydrogen) atoms. The molecule has 2 heteroatoms. The molecule has 1 nitrogen and oxygen atoms in total. The van der Waals surface area contributed by atoms with Crippen LogP contribution in [0.15, 0.2) is 48.0 Å². The molecule has 0 aliphatic heterocycles. The Bertz CT molecular complexity index is 584. The highest BCUT2D eigenvalue weighted by molar-refractivity contribution is 7.17. The molecule has 0 aliphatic carbocycles. The molecular weight excluding hydrogens is 202 g/mol. The predicted octanol–water partition coefficient (Wildman–Crippen LogP) is 3.76. The van der Waals surface area contributed by atoms with Gasteiger partial charge < -0.3 is 0 Å². The molecule has 0 saturated carbocycles. The molecule has 0 amide bonds. The zero-order valence-electron chi connectivity index (χ0n) is 7.97. The molecule has 2 heterocycles. The molecule has 2 aromatic heterocycles. The summed E-state index contributed by atoms with van der Waals surface area (Å²) < 4.78 is 1.19. The summed E-state index contributed by atoms with van der Waals surface area (Å²) in [7, 11) is 0. The minimum atomic E-state index is 0.979. The molecule has 0 atom stereocenters. The molecule has 0 bridgehead atoms. The Labute approximate surface area is 92.0 Å². The SMILES string of the molecule is [c]1c(-c2ccccn2)ccc2ccsc12. The van der Waals surface area contributed by atoms with Gasteiger partial charge in [0.25, 0.3) is 0 Å². The largest absolute Gasteiger partial charge is 0.256 e. The Hall–Kier alpha value is -1.67. The first-order valence-electron chi connectivity index (χ1n) is 4.74. The molecule has 3 rings (SSSR count). The fourth-order valence-electron chi connectivity index (χ4n) is 1.56. The lowest BCUT2D eigenvalue weighted by Gasteiger charge is -1.99. The lowest BCUT2D eigenvalue weighted by Crippen LogP contribution is -1.80. The minimum absolute atomic E-state index is 0.979. The number of hydrogen-bond acceptors (Lipinski definition) is 2. The maximum atomic E-state index is 4.31. The first-order valence-corrected chi connectivity index (χ1v) is 5.62. The van der Waals surface area contributed by atoms with E-state index in [4.69, 9.17) is 0 Å². The first kappa shape index (κ1) is 8.62. The molecule has 1 radical (unpaired) electrons. The highest BCUT2D eigenvalue weighted by atomic mass is 32.1. The third-order valence-corrected chi connectivity index (χ3v) is 3.16. The van der Waals surface area contributed by atoms with E-state index in [0.717, 1.165) is 11.3 Å². The summed E-state index contributed by atoms with van der Waals surface area (Å²) in [5.74, 6) is 0. The fraction of sp³-hybridized carbons (Fsp3) is 0. The van der Waals surface area contributed by atoms with Gasteiger partial charge in [0.15, 0.2) is 0 Å². The molecule has 71 valence electrons. The maximum absolute atomic E-state index is 4.31. The number of aromatic nitrogens is 1. The van der Waals surface area contributed by atoms with Gasteiger partial charge in [0, 0.05) is 22.5 Å². The highest BCUT2D eigenvalue weighted by Crippen LogP contribution is 2.25. The molecule has 0 unspecified atom stereocenters. The number of hydrogen-bond donors (Lipinski definition) is 0. The second-order valence-corrected chi connectivity index (χ2v) is 4.21. The Kier molecular flexibility index (Phi) is 2.00. The molecule has 3 aromatic rings. The van der Waals surface area contributed by atoms with Crippen LogP contribution >= 0.6 is 11.3 Å². The van der Waals surface area contributed by atoms with Crippen LogP contribution in [0, 0.1) is 6.07 Å². The third kappa shape index (κ3) is 1.53. The topological polar surface area (TPSA) is 12.9 Å². The van der Waals surface area contributed by atoms with Gasteiger partial charge in [-0.25, -0.2) is 0 Å². The normalized spacial score (nSPS) is 10.7. The van der Waals surface area contributed by atoms with Crippen molar-refractivity contribution in [2.75, 3.05) is 0 Å². The third-order valence-electron chi connectivity index (χ3n) is 2.31. The van der Waals surface area contributed by atoms with Crippen molar-refractivity contribution in [2.45, 2.75) is 0 Å². The van der Waals surface area contributed by atoms with Crippen LogP contribution < -0.4 is 0 Å². The maximum Gasteiger partial charge on any atom is 0.0708 e. The van der Waals surface area contributed by atoms with E-state index < -0.39 is 0 Å². The van der Waals surface area contributed by atoms with Gasteiger partial charge in [0.2, 0.25) is 0 Å². The molecule has 0 saturated heterocycles. The van der Waals surface area contributed by atoms with E-state index >= 15 is 0 Å². The average molecular weight is 210 g/mol. The van der Waals surface area contributed by atoms with Crippen LogP contribution in [0.5, 0.6) is 0 Å². The fourth-order valence-corrected chi connectivity index (χ4v) is 2.35. The molecular formula is C13H8NS. The van der Waals surface area contributed by atoms with Gasteiger partial charge in [-0.05, 0) is 29.0 Å². The van der Waals surface area contributed by atoms with Crippen molar-refractivity contribution < 1.29 is 0 Å². The van der Waals surface area contributed by atoms with Crippen LogP contribution in [0.3, 0.4) is 0 Å². The van der Waals surface area contributed by atoms with E-state index in [1.165, 1.54) is 10.1 Å². The van der Waals surface area contributed by atoms with Crippen LogP contribution in [-0.2, 0) is 0 Å². The molecule has 1 aromatic carbocycles. The summed E-state index contributed by atoms with van der Waals surface area (Å²) in [5, 5.41) is 3.34. The lowest BCUT2D eigenvalue weighted by atomic mass is 10.1. The van der Waals surface area contributed by atoms with Crippen molar-refractivity contribution in [1.29, 1.82) is 0 Å². The van der Waals surface area contributed by atoms with Crippen molar-refractivity contribution in [1.82, 2.24) is 4.98 Å². The Balaban J connectivity index is 2.19. The summed E-state index contributed by atoms with van der Waals surface area (Å²) >= 11 is 1.71. The van der Waals surface area contributed by atoms with E-state index in [1.54, 1.807) is 11.3 Å². The van der Waals surface area contributed by atoms with Crippen LogP contribution in [-0.4, -0.2) is 4.98 Å². The number of thiophene rings is 1. The Morgan fingerprint density at radius 3 is 2.93 bits per heavy atom. The monoisotopic (exact) mass is 210 g/mol. The summed E-state index contributed by atoms with van der Waals surface area (Å²) in [6.07, 6.45) is 1.81. The van der Waals surface area contributed by atoms with E-state index in [0.29, 0.717) is 0 Å². The van der Waals surface area contributed by atoms with Crippen LogP contribution in [0.25, 0.3) is 21.3 Å².